The largest absolute Gasteiger partial charge is 0.376 e. The van der Waals surface area contributed by atoms with E-state index in [4.69, 9.17) is 22.1 Å². The lowest BCUT2D eigenvalue weighted by Crippen LogP contribution is -2.40. The molecule has 1 atom stereocenters. The van der Waals surface area contributed by atoms with Crippen LogP contribution in [0.2, 0.25) is 5.02 Å². The molecule has 4 heteroatoms. The van der Waals surface area contributed by atoms with E-state index in [0.717, 1.165) is 44.0 Å². The van der Waals surface area contributed by atoms with E-state index in [9.17, 15) is 0 Å². The number of piperidine rings is 1. The van der Waals surface area contributed by atoms with E-state index in [1.807, 2.05) is 12.1 Å². The van der Waals surface area contributed by atoms with Crippen LogP contribution in [-0.4, -0.2) is 32.3 Å². The molecule has 3 nitrogen and oxygen atoms in total. The summed E-state index contributed by atoms with van der Waals surface area (Å²) in [7, 11) is 0. The first-order chi connectivity index (χ1) is 9.76. The maximum absolute atomic E-state index is 6.33. The highest BCUT2D eigenvalue weighted by molar-refractivity contribution is 6.31. The molecule has 1 fully saturated rings. The number of hydrogen-bond donors (Lipinski definition) is 1. The van der Waals surface area contributed by atoms with Crippen molar-refractivity contribution in [1.82, 2.24) is 0 Å². The summed E-state index contributed by atoms with van der Waals surface area (Å²) in [6.07, 6.45) is 4.57. The van der Waals surface area contributed by atoms with Crippen molar-refractivity contribution in [3.63, 3.8) is 0 Å². The second kappa shape index (κ2) is 7.87. The van der Waals surface area contributed by atoms with Crippen molar-refractivity contribution in [2.75, 3.05) is 31.1 Å². The molecule has 2 rings (SSSR count). The van der Waals surface area contributed by atoms with Crippen molar-refractivity contribution >= 4 is 17.3 Å². The number of halogens is 1. The molecule has 0 aromatic heterocycles. The molecule has 0 bridgehead atoms. The van der Waals surface area contributed by atoms with Gasteiger partial charge in [-0.1, -0.05) is 24.6 Å². The second-order valence-electron chi connectivity index (χ2n) is 5.36. The Morgan fingerprint density at radius 3 is 3.05 bits per heavy atom. The first kappa shape index (κ1) is 15.6. The molecule has 1 unspecified atom stereocenters. The number of hydrogen-bond acceptors (Lipinski definition) is 3. The Labute approximate surface area is 127 Å². The van der Waals surface area contributed by atoms with E-state index in [1.165, 1.54) is 17.7 Å². The van der Waals surface area contributed by atoms with Crippen LogP contribution in [0.15, 0.2) is 18.2 Å². The normalized spacial score (nSPS) is 19.4. The van der Waals surface area contributed by atoms with Crippen LogP contribution in [0.1, 0.15) is 31.7 Å². The van der Waals surface area contributed by atoms with Gasteiger partial charge in [-0.2, -0.15) is 0 Å². The minimum absolute atomic E-state index is 0.341. The van der Waals surface area contributed by atoms with E-state index in [2.05, 4.69) is 17.9 Å². The zero-order chi connectivity index (χ0) is 14.4. The van der Waals surface area contributed by atoms with Gasteiger partial charge in [0.2, 0.25) is 0 Å². The van der Waals surface area contributed by atoms with Crippen molar-refractivity contribution in [2.24, 2.45) is 5.73 Å². The third kappa shape index (κ3) is 3.87. The Morgan fingerprint density at radius 1 is 1.45 bits per heavy atom. The molecule has 2 N–H and O–H groups in total. The van der Waals surface area contributed by atoms with Crippen molar-refractivity contribution < 1.29 is 4.74 Å². The third-order valence-corrected chi connectivity index (χ3v) is 4.12. The molecule has 0 saturated carbocycles. The molecule has 1 aromatic rings. The average molecular weight is 297 g/mol. The predicted molar refractivity (Wildman–Crippen MR) is 85.7 cm³/mol. The standard InChI is InChI=1S/C16H25ClN2O/c1-2-11-20-13-5-4-10-19(12-13)16-7-3-6-15(17)14(16)8-9-18/h3,6-7,13H,2,4-5,8-12,18H2,1H3. The van der Waals surface area contributed by atoms with E-state index >= 15 is 0 Å². The molecule has 1 aliphatic heterocycles. The number of rotatable bonds is 6. The van der Waals surface area contributed by atoms with Crippen LogP contribution in [0.5, 0.6) is 0 Å². The molecule has 0 amide bonds. The fourth-order valence-electron chi connectivity index (χ4n) is 2.81. The average Bonchev–Trinajstić information content (AvgIpc) is 2.48. The van der Waals surface area contributed by atoms with E-state index in [-0.39, 0.29) is 0 Å². The molecule has 1 aromatic carbocycles. The molecule has 1 saturated heterocycles. The zero-order valence-electron chi connectivity index (χ0n) is 12.3. The van der Waals surface area contributed by atoms with Crippen molar-refractivity contribution in [2.45, 2.75) is 38.7 Å². The Bertz CT molecular complexity index is 425. The highest BCUT2D eigenvalue weighted by atomic mass is 35.5. The van der Waals surface area contributed by atoms with Gasteiger partial charge in [0.05, 0.1) is 6.10 Å². The lowest BCUT2D eigenvalue weighted by atomic mass is 10.0. The maximum Gasteiger partial charge on any atom is 0.0750 e. The van der Waals surface area contributed by atoms with Crippen LogP contribution in [0, 0.1) is 0 Å². The van der Waals surface area contributed by atoms with Crippen LogP contribution in [0.4, 0.5) is 5.69 Å². The molecule has 1 aliphatic rings. The summed E-state index contributed by atoms with van der Waals surface area (Å²) >= 11 is 6.33. The summed E-state index contributed by atoms with van der Waals surface area (Å²) in [6, 6.07) is 6.12. The molecule has 20 heavy (non-hydrogen) atoms. The second-order valence-corrected chi connectivity index (χ2v) is 5.76. The maximum atomic E-state index is 6.33. The topological polar surface area (TPSA) is 38.5 Å². The summed E-state index contributed by atoms with van der Waals surface area (Å²) in [4.78, 5) is 2.40. The van der Waals surface area contributed by atoms with Crippen LogP contribution in [-0.2, 0) is 11.2 Å². The van der Waals surface area contributed by atoms with Gasteiger partial charge in [0.15, 0.2) is 0 Å². The molecule has 112 valence electrons. The Kier molecular flexibility index (Phi) is 6.14. The van der Waals surface area contributed by atoms with Gasteiger partial charge in [0.25, 0.3) is 0 Å². The minimum Gasteiger partial charge on any atom is -0.376 e. The lowest BCUT2D eigenvalue weighted by molar-refractivity contribution is 0.0440. The number of anilines is 1. The monoisotopic (exact) mass is 296 g/mol. The van der Waals surface area contributed by atoms with Gasteiger partial charge in [0, 0.05) is 30.4 Å². The first-order valence-corrected chi connectivity index (χ1v) is 7.98. The Balaban J connectivity index is 2.12. The van der Waals surface area contributed by atoms with E-state index < -0.39 is 0 Å². The van der Waals surface area contributed by atoms with Crippen molar-refractivity contribution in [1.29, 1.82) is 0 Å². The molecule has 1 heterocycles. The summed E-state index contributed by atoms with van der Waals surface area (Å²) in [6.45, 7) is 5.66. The summed E-state index contributed by atoms with van der Waals surface area (Å²) in [5.41, 5.74) is 8.12. The number of nitrogens with two attached hydrogens (primary N) is 1. The van der Waals surface area contributed by atoms with Crippen molar-refractivity contribution in [3.05, 3.63) is 28.8 Å². The van der Waals surface area contributed by atoms with Gasteiger partial charge in [-0.25, -0.2) is 0 Å². The van der Waals surface area contributed by atoms with Gasteiger partial charge < -0.3 is 15.4 Å². The number of benzene rings is 1. The van der Waals surface area contributed by atoms with Crippen molar-refractivity contribution in [3.8, 4) is 0 Å². The number of nitrogens with zero attached hydrogens (tertiary/aromatic N) is 1. The van der Waals surface area contributed by atoms with Crippen LogP contribution < -0.4 is 10.6 Å². The summed E-state index contributed by atoms with van der Waals surface area (Å²) in [5.74, 6) is 0. The van der Waals surface area contributed by atoms with Gasteiger partial charge in [-0.05, 0) is 49.9 Å². The van der Waals surface area contributed by atoms with Gasteiger partial charge in [-0.3, -0.25) is 0 Å². The van der Waals surface area contributed by atoms with Gasteiger partial charge in [0.1, 0.15) is 0 Å². The number of ether oxygens (including phenoxy) is 1. The zero-order valence-corrected chi connectivity index (χ0v) is 13.0. The first-order valence-electron chi connectivity index (χ1n) is 7.60. The lowest BCUT2D eigenvalue weighted by Gasteiger charge is -2.35. The highest BCUT2D eigenvalue weighted by Crippen LogP contribution is 2.30. The molecular formula is C16H25ClN2O. The molecule has 0 radical (unpaired) electrons. The van der Waals surface area contributed by atoms with Crippen LogP contribution in [0.25, 0.3) is 0 Å². The Hall–Kier alpha value is -0.770. The molecular weight excluding hydrogens is 272 g/mol. The van der Waals surface area contributed by atoms with Gasteiger partial charge in [-0.15, -0.1) is 0 Å². The van der Waals surface area contributed by atoms with Crippen LogP contribution >= 0.6 is 11.6 Å². The molecule has 0 spiro atoms. The van der Waals surface area contributed by atoms with Crippen LogP contribution in [0.3, 0.4) is 0 Å². The van der Waals surface area contributed by atoms with Gasteiger partial charge >= 0.3 is 0 Å². The summed E-state index contributed by atoms with van der Waals surface area (Å²) < 4.78 is 5.91. The Morgan fingerprint density at radius 2 is 2.30 bits per heavy atom. The fourth-order valence-corrected chi connectivity index (χ4v) is 3.08. The van der Waals surface area contributed by atoms with E-state index in [1.54, 1.807) is 0 Å². The predicted octanol–water partition coefficient (Wildman–Crippen LogP) is 3.24. The summed E-state index contributed by atoms with van der Waals surface area (Å²) in [5, 5.41) is 0.824. The minimum atomic E-state index is 0.341. The SMILES string of the molecule is CCCOC1CCCN(c2cccc(Cl)c2CCN)C1. The smallest absolute Gasteiger partial charge is 0.0750 e. The quantitative estimate of drug-likeness (QED) is 0.876. The fraction of sp³-hybridized carbons (Fsp3) is 0.625. The highest BCUT2D eigenvalue weighted by Gasteiger charge is 2.22. The van der Waals surface area contributed by atoms with E-state index in [0.29, 0.717) is 12.6 Å². The molecule has 0 aliphatic carbocycles. The third-order valence-electron chi connectivity index (χ3n) is 3.76.